The summed E-state index contributed by atoms with van der Waals surface area (Å²) in [6.45, 7) is 0. The van der Waals surface area contributed by atoms with Crippen LogP contribution in [-0.4, -0.2) is 17.6 Å². The van der Waals surface area contributed by atoms with Gasteiger partial charge >= 0.3 is 0 Å². The van der Waals surface area contributed by atoms with Crippen LogP contribution in [-0.2, 0) is 0 Å². The second kappa shape index (κ2) is 12.7. The van der Waals surface area contributed by atoms with Crippen LogP contribution in [0.1, 0.15) is 0 Å². The molecule has 308 valence electrons. The Labute approximate surface area is 384 Å². The number of benzene rings is 10. The molecule has 0 bridgehead atoms. The van der Waals surface area contributed by atoms with E-state index in [0.29, 0.717) is 0 Å². The number of hydrogen-bond acceptors (Lipinski definition) is 6. The molecule has 6 aliphatic heterocycles. The van der Waals surface area contributed by atoms with Gasteiger partial charge in [-0.1, -0.05) is 97.1 Å². The summed E-state index contributed by atoms with van der Waals surface area (Å²) in [7, 11) is -4.45. The number of nitrogens with zero attached hydrogens (tertiary/aromatic N) is 4. The lowest BCUT2D eigenvalue weighted by Gasteiger charge is -2.49. The van der Waals surface area contributed by atoms with E-state index < -0.39 is 17.6 Å². The first-order chi connectivity index (χ1) is 32.8. The average molecular weight is 877 g/mol. The van der Waals surface area contributed by atoms with Gasteiger partial charge in [-0.15, -0.1) is 0 Å². The molecule has 10 aromatic rings. The van der Waals surface area contributed by atoms with E-state index in [-0.39, 0.29) is 0 Å². The maximum Gasteiger partial charge on any atom is 0.153 e. The lowest BCUT2D eigenvalue weighted by molar-refractivity contribution is 0.486. The van der Waals surface area contributed by atoms with Gasteiger partial charge in [0.2, 0.25) is 0 Å². The predicted octanol–water partition coefficient (Wildman–Crippen LogP) is 10.7. The average Bonchev–Trinajstić information content (AvgIpc) is 3.37. The van der Waals surface area contributed by atoms with E-state index in [1.54, 1.807) is 0 Å². The number of hydrogen-bond donors (Lipinski definition) is 0. The second-order valence-electron chi connectivity index (χ2n) is 17.9. The zero-order valence-electron chi connectivity index (χ0n) is 35.4. The zero-order chi connectivity index (χ0) is 42.8. The largest absolute Gasteiger partial charge is 0.457 e. The molecule has 0 amide bonds. The van der Waals surface area contributed by atoms with Crippen LogP contribution in [0.15, 0.2) is 206 Å². The molecule has 2 unspecified atom stereocenters. The summed E-state index contributed by atoms with van der Waals surface area (Å²) in [5, 5.41) is 10.5. The minimum atomic E-state index is -2.22. The molecule has 0 N–H and O–H groups in total. The Hall–Kier alpha value is -8.31. The highest BCUT2D eigenvalue weighted by atomic mass is 28.3. The van der Waals surface area contributed by atoms with Crippen LogP contribution in [0.5, 0.6) is 23.0 Å². The summed E-state index contributed by atoms with van der Waals surface area (Å²) in [4.78, 5) is 10.1. The Morgan fingerprint density at radius 2 is 0.591 bits per heavy atom. The normalized spacial score (nSPS) is 16.6. The van der Waals surface area contributed by atoms with Gasteiger partial charge in [0.25, 0.3) is 0 Å². The fraction of sp³-hybridized carbons (Fsp3) is 0. The molecule has 10 aromatic carbocycles. The molecule has 0 spiro atoms. The SMILES string of the molecule is c1ccc(N2c3cccc4c3[SiH]3c5c2cccc5N(c2ccccc2)c2c3c(cc3cc5c6c(c23)N(c2ccccc2)c2cccc3c2[SiH]6c2c(cccc2N3c2ccccc2)O5)O4)cc1. The molecule has 0 saturated carbocycles. The molecule has 66 heavy (non-hydrogen) atoms. The monoisotopic (exact) mass is 876 g/mol. The van der Waals surface area contributed by atoms with Gasteiger partial charge in [0.05, 0.1) is 11.4 Å². The number of rotatable bonds is 4. The molecule has 0 radical (unpaired) electrons. The third kappa shape index (κ3) is 4.35. The smallest absolute Gasteiger partial charge is 0.153 e. The summed E-state index contributed by atoms with van der Waals surface area (Å²) in [6, 6.07) is 75.6. The zero-order valence-corrected chi connectivity index (χ0v) is 37.7. The maximum absolute atomic E-state index is 7.31. The van der Waals surface area contributed by atoms with E-state index in [9.17, 15) is 0 Å². The van der Waals surface area contributed by atoms with Gasteiger partial charge in [-0.2, -0.15) is 0 Å². The summed E-state index contributed by atoms with van der Waals surface area (Å²) in [6.07, 6.45) is 0. The highest BCUT2D eigenvalue weighted by molar-refractivity contribution is 7.03. The van der Waals surface area contributed by atoms with Crippen molar-refractivity contribution >= 4 is 128 Å². The minimum absolute atomic E-state index is 0.942. The molecule has 6 aliphatic rings. The van der Waals surface area contributed by atoms with Gasteiger partial charge in [-0.05, 0) is 125 Å². The second-order valence-corrected chi connectivity index (χ2v) is 23.1. The van der Waals surface area contributed by atoms with Crippen molar-refractivity contribution < 1.29 is 9.47 Å². The predicted molar refractivity (Wildman–Crippen MR) is 275 cm³/mol. The van der Waals surface area contributed by atoms with Crippen molar-refractivity contribution in [2.24, 2.45) is 0 Å². The summed E-state index contributed by atoms with van der Waals surface area (Å²) >= 11 is 0. The first kappa shape index (κ1) is 35.1. The van der Waals surface area contributed by atoms with Crippen LogP contribution in [0.4, 0.5) is 68.2 Å². The Bertz CT molecular complexity index is 3520. The van der Waals surface area contributed by atoms with Crippen molar-refractivity contribution in [3.63, 3.8) is 0 Å². The van der Waals surface area contributed by atoms with Gasteiger partial charge in [-0.3, -0.25) is 0 Å². The molecule has 0 aliphatic carbocycles. The maximum atomic E-state index is 7.31. The number of fused-ring (bicyclic) bond motifs is 3. The van der Waals surface area contributed by atoms with E-state index in [0.717, 1.165) is 51.1 Å². The third-order valence-corrected chi connectivity index (χ3v) is 21.6. The lowest BCUT2D eigenvalue weighted by Crippen LogP contribution is -2.64. The fourth-order valence-electron chi connectivity index (χ4n) is 12.4. The topological polar surface area (TPSA) is 31.4 Å². The Morgan fingerprint density at radius 3 is 0.970 bits per heavy atom. The van der Waals surface area contributed by atoms with E-state index >= 15 is 0 Å². The first-order valence-electron chi connectivity index (χ1n) is 22.8. The van der Waals surface area contributed by atoms with Crippen LogP contribution in [0.2, 0.25) is 0 Å². The molecule has 0 saturated heterocycles. The molecule has 2 atom stereocenters. The standard InChI is InChI=1S/C58H36N4O2Si2/c1-5-17-36(18-6-1)59-40-25-13-27-42-53(40)65-55-44(59)29-15-31-46(55)63-48-33-35-34-49-58-52(50(35)51(57(48)65)61(42)38-21-9-3-10-22-38)62(39-23-11-4-12-24-39)43-28-14-26-41-54(43)66(58)56-45(30-16-32-47(56)64-49)60(41)37-19-7-2-8-20-37/h1-34,65-66H. The molecule has 0 fully saturated rings. The van der Waals surface area contributed by atoms with E-state index in [1.165, 1.54) is 82.0 Å². The summed E-state index contributed by atoms with van der Waals surface area (Å²) in [5.74, 6) is 3.80. The van der Waals surface area contributed by atoms with Crippen LogP contribution in [0.25, 0.3) is 10.8 Å². The van der Waals surface area contributed by atoms with Crippen LogP contribution < -0.4 is 60.2 Å². The van der Waals surface area contributed by atoms with Crippen molar-refractivity contribution in [1.82, 2.24) is 0 Å². The van der Waals surface area contributed by atoms with Gasteiger partial charge in [0.15, 0.2) is 17.6 Å². The lowest BCUT2D eigenvalue weighted by atomic mass is 9.99. The van der Waals surface area contributed by atoms with Crippen molar-refractivity contribution in [2.75, 3.05) is 19.6 Å². The number of anilines is 12. The number of ether oxygens (including phenoxy) is 2. The van der Waals surface area contributed by atoms with Crippen molar-refractivity contribution in [3.8, 4) is 23.0 Å². The molecule has 6 heterocycles. The highest BCUT2D eigenvalue weighted by Gasteiger charge is 2.51. The fourth-order valence-corrected chi connectivity index (χ4v) is 20.1. The van der Waals surface area contributed by atoms with Gasteiger partial charge in [0.1, 0.15) is 23.0 Å². The Balaban J connectivity index is 1.07. The van der Waals surface area contributed by atoms with E-state index in [2.05, 4.69) is 226 Å². The Morgan fingerprint density at radius 1 is 0.273 bits per heavy atom. The molecular formula is C58H36N4O2Si2. The van der Waals surface area contributed by atoms with Crippen molar-refractivity contribution in [2.45, 2.75) is 0 Å². The molecule has 8 heteroatoms. The van der Waals surface area contributed by atoms with Crippen molar-refractivity contribution in [1.29, 1.82) is 0 Å². The molecule has 0 aromatic heterocycles. The van der Waals surface area contributed by atoms with Crippen molar-refractivity contribution in [3.05, 3.63) is 206 Å². The highest BCUT2D eigenvalue weighted by Crippen LogP contribution is 2.56. The van der Waals surface area contributed by atoms with Gasteiger partial charge in [0, 0.05) is 83.0 Å². The number of para-hydroxylation sites is 4. The third-order valence-electron chi connectivity index (χ3n) is 14.7. The van der Waals surface area contributed by atoms with Crippen LogP contribution in [0, 0.1) is 0 Å². The van der Waals surface area contributed by atoms with E-state index in [1.807, 2.05) is 0 Å². The molecule has 16 rings (SSSR count). The van der Waals surface area contributed by atoms with Gasteiger partial charge < -0.3 is 29.1 Å². The van der Waals surface area contributed by atoms with Crippen LogP contribution >= 0.6 is 0 Å². The quantitative estimate of drug-likeness (QED) is 0.164. The van der Waals surface area contributed by atoms with E-state index in [4.69, 9.17) is 9.47 Å². The van der Waals surface area contributed by atoms with Crippen LogP contribution in [0.3, 0.4) is 0 Å². The summed E-state index contributed by atoms with van der Waals surface area (Å²) < 4.78 is 14.6. The summed E-state index contributed by atoms with van der Waals surface area (Å²) in [5.41, 5.74) is 14.3. The Kier molecular flexibility index (Phi) is 6.75. The molecular weight excluding hydrogens is 841 g/mol. The minimum Gasteiger partial charge on any atom is -0.457 e. The first-order valence-corrected chi connectivity index (χ1v) is 26.2. The molecule has 6 nitrogen and oxygen atoms in total. The van der Waals surface area contributed by atoms with Gasteiger partial charge in [-0.25, -0.2) is 0 Å².